The third kappa shape index (κ3) is 2.33. The number of amides is 1. The summed E-state index contributed by atoms with van der Waals surface area (Å²) in [5.74, 6) is -0.242. The molecular weight excluding hydrogens is 208 g/mol. The average Bonchev–Trinajstić information content (AvgIpc) is 2.84. The summed E-state index contributed by atoms with van der Waals surface area (Å²) in [6.45, 7) is 1.31. The van der Waals surface area contributed by atoms with Gasteiger partial charge in [0.25, 0.3) is 5.91 Å². The Hall–Kier alpha value is -1.56. The molecule has 2 rings (SSSR count). The standard InChI is InChI=1S/C10H16N4O2/c1-14-6-8(11)9(13-14)10(15)12-5-7-3-2-4-16-7/h6-7H,2-5,11H2,1H3,(H,12,15). The minimum absolute atomic E-state index is 0.133. The first-order valence-electron chi connectivity index (χ1n) is 5.35. The fourth-order valence-electron chi connectivity index (χ4n) is 1.78. The largest absolute Gasteiger partial charge is 0.396 e. The third-order valence-electron chi connectivity index (χ3n) is 2.59. The lowest BCUT2D eigenvalue weighted by Gasteiger charge is -2.09. The Labute approximate surface area is 93.8 Å². The van der Waals surface area contributed by atoms with Crippen LogP contribution in [0.25, 0.3) is 0 Å². The molecule has 0 saturated carbocycles. The van der Waals surface area contributed by atoms with Gasteiger partial charge in [-0.3, -0.25) is 9.48 Å². The number of hydrogen-bond acceptors (Lipinski definition) is 4. The Kier molecular flexibility index (Phi) is 3.09. The van der Waals surface area contributed by atoms with E-state index in [1.54, 1.807) is 13.2 Å². The molecule has 16 heavy (non-hydrogen) atoms. The third-order valence-corrected chi connectivity index (χ3v) is 2.59. The molecule has 0 spiro atoms. The molecule has 1 atom stereocenters. The first kappa shape index (κ1) is 10.9. The number of carbonyl (C=O) groups excluding carboxylic acids is 1. The predicted octanol–water partition coefficient (Wildman–Crippen LogP) is -0.0889. The summed E-state index contributed by atoms with van der Waals surface area (Å²) in [6, 6.07) is 0. The summed E-state index contributed by atoms with van der Waals surface area (Å²) in [5, 5.41) is 6.77. The van der Waals surface area contributed by atoms with Crippen molar-refractivity contribution in [3.05, 3.63) is 11.9 Å². The fourth-order valence-corrected chi connectivity index (χ4v) is 1.78. The maximum atomic E-state index is 11.7. The quantitative estimate of drug-likeness (QED) is 0.751. The lowest BCUT2D eigenvalue weighted by molar-refractivity contribution is 0.0854. The molecule has 1 aliphatic heterocycles. The Balaban J connectivity index is 1.90. The smallest absolute Gasteiger partial charge is 0.274 e. The minimum atomic E-state index is -0.242. The first-order valence-corrected chi connectivity index (χ1v) is 5.35. The SMILES string of the molecule is Cn1cc(N)c(C(=O)NCC2CCCO2)n1. The van der Waals surface area contributed by atoms with Crippen LogP contribution >= 0.6 is 0 Å². The molecule has 1 unspecified atom stereocenters. The van der Waals surface area contributed by atoms with Crippen molar-refractivity contribution >= 4 is 11.6 Å². The zero-order chi connectivity index (χ0) is 11.5. The van der Waals surface area contributed by atoms with E-state index in [0.29, 0.717) is 12.2 Å². The molecule has 1 aromatic heterocycles. The van der Waals surface area contributed by atoms with Crippen molar-refractivity contribution in [2.24, 2.45) is 7.05 Å². The number of anilines is 1. The highest BCUT2D eigenvalue weighted by Gasteiger charge is 2.18. The lowest BCUT2D eigenvalue weighted by atomic mass is 10.2. The summed E-state index contributed by atoms with van der Waals surface area (Å²) in [5.41, 5.74) is 6.32. The van der Waals surface area contributed by atoms with Gasteiger partial charge in [0.15, 0.2) is 5.69 Å². The Morgan fingerprint density at radius 2 is 2.62 bits per heavy atom. The van der Waals surface area contributed by atoms with E-state index in [-0.39, 0.29) is 17.7 Å². The van der Waals surface area contributed by atoms with Crippen molar-refractivity contribution in [1.82, 2.24) is 15.1 Å². The van der Waals surface area contributed by atoms with Gasteiger partial charge in [0.1, 0.15) is 0 Å². The van der Waals surface area contributed by atoms with E-state index in [2.05, 4.69) is 10.4 Å². The number of aryl methyl sites for hydroxylation is 1. The summed E-state index contributed by atoms with van der Waals surface area (Å²) >= 11 is 0. The number of rotatable bonds is 3. The molecule has 1 fully saturated rings. The van der Waals surface area contributed by atoms with Crippen LogP contribution in [-0.4, -0.2) is 34.9 Å². The maximum Gasteiger partial charge on any atom is 0.274 e. The van der Waals surface area contributed by atoms with E-state index < -0.39 is 0 Å². The van der Waals surface area contributed by atoms with Gasteiger partial charge in [-0.2, -0.15) is 5.10 Å². The molecule has 1 aliphatic rings. The van der Waals surface area contributed by atoms with Crippen molar-refractivity contribution in [3.8, 4) is 0 Å². The van der Waals surface area contributed by atoms with Crippen LogP contribution in [0.15, 0.2) is 6.20 Å². The number of aromatic nitrogens is 2. The molecule has 6 nitrogen and oxygen atoms in total. The molecule has 88 valence electrons. The van der Waals surface area contributed by atoms with E-state index in [1.165, 1.54) is 4.68 Å². The van der Waals surface area contributed by atoms with Gasteiger partial charge in [-0.1, -0.05) is 0 Å². The number of nitrogens with two attached hydrogens (primary N) is 1. The predicted molar refractivity (Wildman–Crippen MR) is 58.9 cm³/mol. The molecular formula is C10H16N4O2. The van der Waals surface area contributed by atoms with Gasteiger partial charge in [0, 0.05) is 26.4 Å². The average molecular weight is 224 g/mol. The molecule has 1 saturated heterocycles. The van der Waals surface area contributed by atoms with Crippen molar-refractivity contribution in [2.45, 2.75) is 18.9 Å². The van der Waals surface area contributed by atoms with Crippen molar-refractivity contribution < 1.29 is 9.53 Å². The molecule has 1 amide bonds. The molecule has 3 N–H and O–H groups in total. The van der Waals surface area contributed by atoms with Crippen LogP contribution in [0.4, 0.5) is 5.69 Å². The van der Waals surface area contributed by atoms with Crippen LogP contribution in [0.5, 0.6) is 0 Å². The zero-order valence-electron chi connectivity index (χ0n) is 9.27. The zero-order valence-corrected chi connectivity index (χ0v) is 9.27. The van der Waals surface area contributed by atoms with Gasteiger partial charge in [-0.05, 0) is 12.8 Å². The minimum Gasteiger partial charge on any atom is -0.396 e. The number of hydrogen-bond donors (Lipinski definition) is 2. The van der Waals surface area contributed by atoms with E-state index in [1.807, 2.05) is 0 Å². The molecule has 0 aromatic carbocycles. The normalized spacial score (nSPS) is 19.9. The van der Waals surface area contributed by atoms with Crippen molar-refractivity contribution in [2.75, 3.05) is 18.9 Å². The molecule has 6 heteroatoms. The van der Waals surface area contributed by atoms with Crippen LogP contribution in [0.2, 0.25) is 0 Å². The lowest BCUT2D eigenvalue weighted by Crippen LogP contribution is -2.32. The first-order chi connectivity index (χ1) is 7.66. The van der Waals surface area contributed by atoms with Crippen LogP contribution in [0.3, 0.4) is 0 Å². The monoisotopic (exact) mass is 224 g/mol. The second kappa shape index (κ2) is 4.52. The summed E-state index contributed by atoms with van der Waals surface area (Å²) in [6.07, 6.45) is 3.81. The van der Waals surface area contributed by atoms with E-state index in [0.717, 1.165) is 19.4 Å². The summed E-state index contributed by atoms with van der Waals surface area (Å²) in [7, 11) is 1.73. The van der Waals surface area contributed by atoms with E-state index in [4.69, 9.17) is 10.5 Å². The van der Waals surface area contributed by atoms with Crippen molar-refractivity contribution in [1.29, 1.82) is 0 Å². The van der Waals surface area contributed by atoms with Crippen molar-refractivity contribution in [3.63, 3.8) is 0 Å². The molecule has 2 heterocycles. The second-order valence-electron chi connectivity index (χ2n) is 3.95. The highest BCUT2D eigenvalue weighted by Crippen LogP contribution is 2.11. The van der Waals surface area contributed by atoms with Gasteiger partial charge in [0.05, 0.1) is 11.8 Å². The number of carbonyl (C=O) groups is 1. The van der Waals surface area contributed by atoms with Crippen LogP contribution in [0.1, 0.15) is 23.3 Å². The van der Waals surface area contributed by atoms with Crippen LogP contribution in [0, 0.1) is 0 Å². The topological polar surface area (TPSA) is 82.2 Å². The Bertz CT molecular complexity index is 382. The Morgan fingerprint density at radius 3 is 3.19 bits per heavy atom. The van der Waals surface area contributed by atoms with E-state index >= 15 is 0 Å². The molecule has 1 aromatic rings. The Morgan fingerprint density at radius 1 is 1.81 bits per heavy atom. The number of ether oxygens (including phenoxy) is 1. The van der Waals surface area contributed by atoms with Gasteiger partial charge in [0.2, 0.25) is 0 Å². The number of nitrogens with zero attached hydrogens (tertiary/aromatic N) is 2. The molecule has 0 aliphatic carbocycles. The number of nitrogens with one attached hydrogen (secondary N) is 1. The summed E-state index contributed by atoms with van der Waals surface area (Å²) in [4.78, 5) is 11.7. The van der Waals surface area contributed by atoms with Gasteiger partial charge in [-0.15, -0.1) is 0 Å². The van der Waals surface area contributed by atoms with Gasteiger partial charge >= 0.3 is 0 Å². The fraction of sp³-hybridized carbons (Fsp3) is 0.600. The second-order valence-corrected chi connectivity index (χ2v) is 3.95. The van der Waals surface area contributed by atoms with Gasteiger partial charge in [-0.25, -0.2) is 0 Å². The highest BCUT2D eigenvalue weighted by atomic mass is 16.5. The molecule has 0 radical (unpaired) electrons. The van der Waals surface area contributed by atoms with Gasteiger partial charge < -0.3 is 15.8 Å². The maximum absolute atomic E-state index is 11.7. The van der Waals surface area contributed by atoms with Crippen LogP contribution in [-0.2, 0) is 11.8 Å². The summed E-state index contributed by atoms with van der Waals surface area (Å²) < 4.78 is 6.93. The van der Waals surface area contributed by atoms with E-state index in [9.17, 15) is 4.79 Å². The van der Waals surface area contributed by atoms with Crippen LogP contribution < -0.4 is 11.1 Å². The highest BCUT2D eigenvalue weighted by molar-refractivity contribution is 5.96. The molecule has 0 bridgehead atoms. The number of nitrogen functional groups attached to an aromatic ring is 1.